The first-order valence-corrected chi connectivity index (χ1v) is 9.25. The number of hydrogen-bond donors (Lipinski definition) is 3. The Labute approximate surface area is 172 Å². The predicted molar refractivity (Wildman–Crippen MR) is 107 cm³/mol. The maximum atomic E-state index is 12.5. The maximum Gasteiger partial charge on any atom is 0.274 e. The molecule has 0 aliphatic heterocycles. The summed E-state index contributed by atoms with van der Waals surface area (Å²) in [7, 11) is 1.39. The number of aromatic nitrogens is 2. The van der Waals surface area contributed by atoms with E-state index in [9.17, 15) is 15.0 Å². The van der Waals surface area contributed by atoms with Gasteiger partial charge in [0.05, 0.1) is 11.8 Å². The zero-order valence-electron chi connectivity index (χ0n) is 17.0. The van der Waals surface area contributed by atoms with Crippen LogP contribution in [0.5, 0.6) is 11.5 Å². The van der Waals surface area contributed by atoms with Crippen molar-refractivity contribution in [1.82, 2.24) is 15.6 Å². The van der Waals surface area contributed by atoms with Crippen molar-refractivity contribution in [3.63, 3.8) is 0 Å². The Balaban J connectivity index is 2.22. The lowest BCUT2D eigenvalue weighted by atomic mass is 9.95. The molecule has 0 spiro atoms. The third kappa shape index (κ3) is 3.97. The highest BCUT2D eigenvalue weighted by Gasteiger charge is 2.29. The summed E-state index contributed by atoms with van der Waals surface area (Å²) < 4.78 is 10.8. The summed E-state index contributed by atoms with van der Waals surface area (Å²) in [5, 5.41) is 34.6. The molecule has 10 heteroatoms. The van der Waals surface area contributed by atoms with Gasteiger partial charge in [0.1, 0.15) is 29.9 Å². The number of aromatic hydroxyl groups is 2. The number of nitrogens with zero attached hydrogens (tertiary/aromatic N) is 3. The molecule has 0 bridgehead atoms. The molecule has 0 aliphatic rings. The average Bonchev–Trinajstić information content (AvgIpc) is 3.33. The summed E-state index contributed by atoms with van der Waals surface area (Å²) in [5.41, 5.74) is 1.37. The van der Waals surface area contributed by atoms with E-state index in [1.165, 1.54) is 25.5 Å². The molecule has 10 nitrogen and oxygen atoms in total. The first-order valence-electron chi connectivity index (χ1n) is 9.25. The smallest absolute Gasteiger partial charge is 0.274 e. The molecule has 1 aromatic carbocycles. The molecule has 0 atom stereocenters. The number of carbonyl (C=O) groups excluding carboxylic acids is 1. The van der Waals surface area contributed by atoms with Crippen LogP contribution in [0.25, 0.3) is 22.6 Å². The minimum Gasteiger partial charge on any atom is -0.508 e. The lowest BCUT2D eigenvalue weighted by molar-refractivity contribution is 0.0947. The highest BCUT2D eigenvalue weighted by molar-refractivity contribution is 6.02. The molecule has 0 saturated carbocycles. The van der Waals surface area contributed by atoms with Crippen LogP contribution in [0, 0.1) is 0 Å². The van der Waals surface area contributed by atoms with Crippen molar-refractivity contribution >= 4 is 12.1 Å². The molecule has 158 valence electrons. The van der Waals surface area contributed by atoms with Crippen molar-refractivity contribution in [1.29, 1.82) is 0 Å². The summed E-state index contributed by atoms with van der Waals surface area (Å²) in [4.78, 5) is 17.2. The number of carbonyl (C=O) groups is 1. The number of amides is 1. The van der Waals surface area contributed by atoms with Crippen LogP contribution in [0.15, 0.2) is 32.4 Å². The molecule has 0 aliphatic carbocycles. The molecular formula is C20H22N4O6. The van der Waals surface area contributed by atoms with Crippen LogP contribution in [0.4, 0.5) is 0 Å². The van der Waals surface area contributed by atoms with Crippen LogP contribution in [-0.2, 0) is 4.84 Å². The third-order valence-corrected chi connectivity index (χ3v) is 4.32. The van der Waals surface area contributed by atoms with E-state index in [-0.39, 0.29) is 45.8 Å². The van der Waals surface area contributed by atoms with E-state index in [0.717, 1.165) is 0 Å². The molecule has 2 aromatic heterocycles. The van der Waals surface area contributed by atoms with Crippen LogP contribution in [-0.4, -0.2) is 46.3 Å². The van der Waals surface area contributed by atoms with Crippen LogP contribution >= 0.6 is 0 Å². The largest absolute Gasteiger partial charge is 0.508 e. The van der Waals surface area contributed by atoms with E-state index >= 15 is 0 Å². The third-order valence-electron chi connectivity index (χ3n) is 4.32. The van der Waals surface area contributed by atoms with E-state index in [4.69, 9.17) is 9.05 Å². The fraction of sp³-hybridized carbons (Fsp3) is 0.300. The Bertz CT molecular complexity index is 1080. The normalized spacial score (nSPS) is 11.4. The van der Waals surface area contributed by atoms with Gasteiger partial charge >= 0.3 is 0 Å². The number of nitrogens with one attached hydrogen (secondary N) is 1. The van der Waals surface area contributed by atoms with Crippen LogP contribution < -0.4 is 5.32 Å². The number of phenolic OH excluding ortho intramolecular Hbond substituents is 2. The van der Waals surface area contributed by atoms with E-state index in [1.807, 2.05) is 13.8 Å². The molecule has 0 saturated heterocycles. The fourth-order valence-corrected chi connectivity index (χ4v) is 2.91. The molecule has 2 heterocycles. The zero-order valence-corrected chi connectivity index (χ0v) is 17.0. The second-order valence-electron chi connectivity index (χ2n) is 6.71. The quantitative estimate of drug-likeness (QED) is 0.395. The summed E-state index contributed by atoms with van der Waals surface area (Å²) in [6.45, 7) is 5.95. The highest BCUT2D eigenvalue weighted by Crippen LogP contribution is 2.43. The lowest BCUT2D eigenvalue weighted by Gasteiger charge is -2.11. The van der Waals surface area contributed by atoms with Gasteiger partial charge in [-0.05, 0) is 24.5 Å². The van der Waals surface area contributed by atoms with Gasteiger partial charge in [0.15, 0.2) is 17.2 Å². The second-order valence-corrected chi connectivity index (χ2v) is 6.71. The van der Waals surface area contributed by atoms with E-state index in [1.54, 1.807) is 13.0 Å². The summed E-state index contributed by atoms with van der Waals surface area (Å²) >= 11 is 0. The molecule has 0 radical (unpaired) electrons. The van der Waals surface area contributed by atoms with Crippen LogP contribution in [0.2, 0.25) is 0 Å². The maximum absolute atomic E-state index is 12.5. The van der Waals surface area contributed by atoms with Crippen molar-refractivity contribution in [3.05, 3.63) is 35.2 Å². The molecule has 3 N–H and O–H groups in total. The van der Waals surface area contributed by atoms with Crippen LogP contribution in [0.1, 0.15) is 48.4 Å². The Morgan fingerprint density at radius 1 is 1.23 bits per heavy atom. The van der Waals surface area contributed by atoms with Gasteiger partial charge in [-0.2, -0.15) is 0 Å². The number of benzene rings is 1. The zero-order chi connectivity index (χ0) is 21.8. The van der Waals surface area contributed by atoms with Gasteiger partial charge in [-0.3, -0.25) is 4.79 Å². The summed E-state index contributed by atoms with van der Waals surface area (Å²) in [6, 6.07) is 4.34. The first kappa shape index (κ1) is 20.9. The van der Waals surface area contributed by atoms with Crippen molar-refractivity contribution < 1.29 is 28.9 Å². The van der Waals surface area contributed by atoms with Gasteiger partial charge < -0.3 is 29.4 Å². The minimum absolute atomic E-state index is 0.0271. The van der Waals surface area contributed by atoms with Gasteiger partial charge in [0.2, 0.25) is 0 Å². The monoisotopic (exact) mass is 414 g/mol. The molecule has 0 unspecified atom stereocenters. The highest BCUT2D eigenvalue weighted by atomic mass is 16.6. The lowest BCUT2D eigenvalue weighted by Crippen LogP contribution is -2.23. The first-order chi connectivity index (χ1) is 14.4. The van der Waals surface area contributed by atoms with E-state index < -0.39 is 5.91 Å². The van der Waals surface area contributed by atoms with E-state index in [2.05, 4.69) is 25.6 Å². The fourth-order valence-electron chi connectivity index (χ4n) is 2.91. The second kappa shape index (κ2) is 8.68. The van der Waals surface area contributed by atoms with Gasteiger partial charge in [-0.1, -0.05) is 29.3 Å². The minimum atomic E-state index is -0.478. The molecule has 1 amide bonds. The van der Waals surface area contributed by atoms with Gasteiger partial charge in [0.25, 0.3) is 5.91 Å². The standard InChI is InChI=1S/C20H22N4O6/c1-5-21-20(27)18-17(16-6-11(23-29-16)9-22-28-4)19(30-24-18)13-7-12(10(2)3)14(25)8-15(13)26/h6-10,25-26H,5H2,1-4H3,(H,21,27). The number of hydrogen-bond acceptors (Lipinski definition) is 9. The van der Waals surface area contributed by atoms with Crippen LogP contribution in [0.3, 0.4) is 0 Å². The molecular weight excluding hydrogens is 392 g/mol. The Hall–Kier alpha value is -3.82. The Morgan fingerprint density at radius 3 is 2.67 bits per heavy atom. The van der Waals surface area contributed by atoms with Crippen molar-refractivity contribution in [3.8, 4) is 34.1 Å². The van der Waals surface area contributed by atoms with Gasteiger partial charge in [-0.25, -0.2) is 0 Å². The topological polar surface area (TPSA) is 143 Å². The number of phenols is 2. The average molecular weight is 414 g/mol. The number of rotatable bonds is 7. The summed E-state index contributed by atoms with van der Waals surface area (Å²) in [6.07, 6.45) is 1.33. The Kier molecular flexibility index (Phi) is 6.05. The van der Waals surface area contributed by atoms with Crippen molar-refractivity contribution in [2.75, 3.05) is 13.7 Å². The number of oxime groups is 1. The van der Waals surface area contributed by atoms with Crippen molar-refractivity contribution in [2.24, 2.45) is 5.16 Å². The van der Waals surface area contributed by atoms with Gasteiger partial charge in [-0.15, -0.1) is 0 Å². The molecule has 3 rings (SSSR count). The van der Waals surface area contributed by atoms with E-state index in [0.29, 0.717) is 17.8 Å². The molecule has 30 heavy (non-hydrogen) atoms. The predicted octanol–water partition coefficient (Wildman–Crippen LogP) is 3.26. The molecule has 0 fully saturated rings. The SMILES string of the molecule is CCNC(=O)c1noc(-c2cc(C(C)C)c(O)cc2O)c1-c1cc(C=NOC)no1. The molecule has 3 aromatic rings. The van der Waals surface area contributed by atoms with Gasteiger partial charge in [0, 0.05) is 18.7 Å². The van der Waals surface area contributed by atoms with Crippen molar-refractivity contribution in [2.45, 2.75) is 26.7 Å². The Morgan fingerprint density at radius 2 is 2.00 bits per heavy atom. The summed E-state index contributed by atoms with van der Waals surface area (Å²) in [5.74, 6) is -0.508.